The number of carbonyl (C=O) groups is 2. The third kappa shape index (κ3) is 5.49. The highest BCUT2D eigenvalue weighted by Crippen LogP contribution is 2.32. The SMILES string of the molecule is CC1CCN(C(=O)C2CCC(C(=O)Nc3ccc(OC(C)C)cc3)CC2)CC1. The van der Waals surface area contributed by atoms with Gasteiger partial charge in [-0.05, 0) is 82.6 Å². The van der Waals surface area contributed by atoms with Crippen LogP contribution in [0.5, 0.6) is 5.75 Å². The number of likely N-dealkylation sites (tertiary alicyclic amines) is 1. The summed E-state index contributed by atoms with van der Waals surface area (Å²) in [4.78, 5) is 27.4. The summed E-state index contributed by atoms with van der Waals surface area (Å²) in [6.45, 7) is 8.04. The number of benzene rings is 1. The molecular formula is C23H34N2O3. The molecule has 1 aromatic rings. The van der Waals surface area contributed by atoms with E-state index in [-0.39, 0.29) is 23.8 Å². The molecule has 1 aromatic carbocycles. The van der Waals surface area contributed by atoms with Crippen LogP contribution >= 0.6 is 0 Å². The first kappa shape index (κ1) is 20.7. The molecule has 1 aliphatic carbocycles. The van der Waals surface area contributed by atoms with Gasteiger partial charge in [0.05, 0.1) is 6.10 Å². The maximum Gasteiger partial charge on any atom is 0.227 e. The van der Waals surface area contributed by atoms with E-state index < -0.39 is 0 Å². The molecule has 0 unspecified atom stereocenters. The quantitative estimate of drug-likeness (QED) is 0.812. The van der Waals surface area contributed by atoms with Crippen LogP contribution in [0.1, 0.15) is 59.3 Å². The van der Waals surface area contributed by atoms with E-state index >= 15 is 0 Å². The summed E-state index contributed by atoms with van der Waals surface area (Å²) in [5, 5.41) is 3.01. The van der Waals surface area contributed by atoms with Crippen molar-refractivity contribution in [3.8, 4) is 5.75 Å². The number of piperidine rings is 1. The van der Waals surface area contributed by atoms with E-state index in [1.165, 1.54) is 0 Å². The summed E-state index contributed by atoms with van der Waals surface area (Å²) in [6, 6.07) is 7.51. The molecule has 28 heavy (non-hydrogen) atoms. The smallest absolute Gasteiger partial charge is 0.227 e. The number of ether oxygens (including phenoxy) is 1. The molecular weight excluding hydrogens is 352 g/mol. The summed E-state index contributed by atoms with van der Waals surface area (Å²) in [6.07, 6.45) is 5.59. The second-order valence-electron chi connectivity index (χ2n) is 8.74. The van der Waals surface area contributed by atoms with Gasteiger partial charge in [-0.15, -0.1) is 0 Å². The number of nitrogens with zero attached hydrogens (tertiary/aromatic N) is 1. The van der Waals surface area contributed by atoms with Crippen molar-refractivity contribution in [3.63, 3.8) is 0 Å². The standard InChI is InChI=1S/C23H34N2O3/c1-16(2)28-21-10-8-20(9-11-21)24-22(26)18-4-6-19(7-5-18)23(27)25-14-12-17(3)13-15-25/h8-11,16-19H,4-7,12-15H2,1-3H3,(H,24,26). The largest absolute Gasteiger partial charge is 0.491 e. The molecule has 0 radical (unpaired) electrons. The number of hydrogen-bond acceptors (Lipinski definition) is 3. The van der Waals surface area contributed by atoms with Gasteiger partial charge in [-0.2, -0.15) is 0 Å². The Hall–Kier alpha value is -2.04. The molecule has 1 saturated heterocycles. The second kappa shape index (κ2) is 9.44. The Balaban J connectivity index is 1.45. The van der Waals surface area contributed by atoms with E-state index in [1.807, 2.05) is 43.0 Å². The van der Waals surface area contributed by atoms with E-state index in [1.54, 1.807) is 0 Å². The van der Waals surface area contributed by atoms with E-state index in [0.717, 1.165) is 69.0 Å². The van der Waals surface area contributed by atoms with Gasteiger partial charge in [-0.25, -0.2) is 0 Å². The zero-order valence-electron chi connectivity index (χ0n) is 17.4. The van der Waals surface area contributed by atoms with Crippen LogP contribution in [0.15, 0.2) is 24.3 Å². The van der Waals surface area contributed by atoms with Crippen molar-refractivity contribution in [2.24, 2.45) is 17.8 Å². The Morgan fingerprint density at radius 2 is 1.54 bits per heavy atom. The maximum atomic E-state index is 12.7. The summed E-state index contributed by atoms with van der Waals surface area (Å²) in [5.74, 6) is 2.01. The molecule has 1 N–H and O–H groups in total. The molecule has 0 bridgehead atoms. The Labute approximate surface area is 168 Å². The van der Waals surface area contributed by atoms with E-state index in [4.69, 9.17) is 4.74 Å². The van der Waals surface area contributed by atoms with Crippen molar-refractivity contribution in [1.82, 2.24) is 4.90 Å². The van der Waals surface area contributed by atoms with Crippen molar-refractivity contribution < 1.29 is 14.3 Å². The minimum absolute atomic E-state index is 0.00276. The van der Waals surface area contributed by atoms with Gasteiger partial charge in [0.1, 0.15) is 5.75 Å². The summed E-state index contributed by atoms with van der Waals surface area (Å²) < 4.78 is 5.63. The van der Waals surface area contributed by atoms with Crippen LogP contribution < -0.4 is 10.1 Å². The number of rotatable bonds is 5. The Kier molecular flexibility index (Phi) is 6.97. The molecule has 0 aromatic heterocycles. The Bertz CT molecular complexity index is 655. The topological polar surface area (TPSA) is 58.6 Å². The Morgan fingerprint density at radius 1 is 0.964 bits per heavy atom. The molecule has 2 aliphatic rings. The molecule has 0 atom stereocenters. The van der Waals surface area contributed by atoms with Gasteiger partial charge >= 0.3 is 0 Å². The van der Waals surface area contributed by atoms with Crippen molar-refractivity contribution in [2.45, 2.75) is 65.4 Å². The number of amides is 2. The van der Waals surface area contributed by atoms with Crippen LogP contribution in [-0.4, -0.2) is 35.9 Å². The van der Waals surface area contributed by atoms with Crippen LogP contribution in [-0.2, 0) is 9.59 Å². The maximum absolute atomic E-state index is 12.7. The molecule has 5 nitrogen and oxygen atoms in total. The van der Waals surface area contributed by atoms with Gasteiger partial charge in [-0.1, -0.05) is 6.92 Å². The van der Waals surface area contributed by atoms with Crippen LogP contribution in [0, 0.1) is 17.8 Å². The van der Waals surface area contributed by atoms with Crippen LogP contribution in [0.25, 0.3) is 0 Å². The van der Waals surface area contributed by atoms with Crippen LogP contribution in [0.4, 0.5) is 5.69 Å². The molecule has 0 spiro atoms. The fraction of sp³-hybridized carbons (Fsp3) is 0.652. The summed E-state index contributed by atoms with van der Waals surface area (Å²) in [5.41, 5.74) is 0.793. The normalized spacial score (nSPS) is 23.5. The highest BCUT2D eigenvalue weighted by Gasteiger charge is 2.33. The molecule has 154 valence electrons. The van der Waals surface area contributed by atoms with Gasteiger partial charge in [0.15, 0.2) is 0 Å². The minimum atomic E-state index is -0.00276. The lowest BCUT2D eigenvalue weighted by Crippen LogP contribution is -2.42. The summed E-state index contributed by atoms with van der Waals surface area (Å²) >= 11 is 0. The van der Waals surface area contributed by atoms with Crippen molar-refractivity contribution in [1.29, 1.82) is 0 Å². The number of hydrogen-bond donors (Lipinski definition) is 1. The zero-order valence-corrected chi connectivity index (χ0v) is 17.4. The molecule has 5 heteroatoms. The van der Waals surface area contributed by atoms with Crippen molar-refractivity contribution in [3.05, 3.63) is 24.3 Å². The van der Waals surface area contributed by atoms with Gasteiger partial charge < -0.3 is 15.0 Å². The second-order valence-corrected chi connectivity index (χ2v) is 8.74. The monoisotopic (exact) mass is 386 g/mol. The first-order chi connectivity index (χ1) is 13.4. The lowest BCUT2D eigenvalue weighted by molar-refractivity contribution is -0.139. The van der Waals surface area contributed by atoms with Gasteiger partial charge in [-0.3, -0.25) is 9.59 Å². The van der Waals surface area contributed by atoms with Crippen molar-refractivity contribution in [2.75, 3.05) is 18.4 Å². The predicted molar refractivity (Wildman–Crippen MR) is 111 cm³/mol. The third-order valence-electron chi connectivity index (χ3n) is 6.04. The van der Waals surface area contributed by atoms with Gasteiger partial charge in [0.2, 0.25) is 11.8 Å². The van der Waals surface area contributed by atoms with E-state index in [9.17, 15) is 9.59 Å². The fourth-order valence-electron chi connectivity index (χ4n) is 4.22. The third-order valence-corrected chi connectivity index (χ3v) is 6.04. The molecule has 2 amide bonds. The predicted octanol–water partition coefficient (Wildman–Crippen LogP) is 4.48. The van der Waals surface area contributed by atoms with Gasteiger partial charge in [0, 0.05) is 30.6 Å². The summed E-state index contributed by atoms with van der Waals surface area (Å²) in [7, 11) is 0. The molecule has 2 fully saturated rings. The van der Waals surface area contributed by atoms with Crippen LogP contribution in [0.3, 0.4) is 0 Å². The molecule has 1 heterocycles. The molecule has 1 saturated carbocycles. The van der Waals surface area contributed by atoms with E-state index in [0.29, 0.717) is 5.91 Å². The fourth-order valence-corrected chi connectivity index (χ4v) is 4.22. The Morgan fingerprint density at radius 3 is 2.11 bits per heavy atom. The van der Waals surface area contributed by atoms with E-state index in [2.05, 4.69) is 12.2 Å². The number of anilines is 1. The molecule has 3 rings (SSSR count). The number of nitrogens with one attached hydrogen (secondary N) is 1. The minimum Gasteiger partial charge on any atom is -0.491 e. The lowest BCUT2D eigenvalue weighted by Gasteiger charge is -2.35. The zero-order chi connectivity index (χ0) is 20.1. The highest BCUT2D eigenvalue weighted by molar-refractivity contribution is 5.92. The van der Waals surface area contributed by atoms with Crippen molar-refractivity contribution >= 4 is 17.5 Å². The lowest BCUT2D eigenvalue weighted by atomic mass is 9.80. The molecule has 1 aliphatic heterocycles. The first-order valence-electron chi connectivity index (χ1n) is 10.8. The number of carbonyl (C=O) groups excluding carboxylic acids is 2. The highest BCUT2D eigenvalue weighted by atomic mass is 16.5. The van der Waals surface area contributed by atoms with Crippen LogP contribution in [0.2, 0.25) is 0 Å². The average molecular weight is 387 g/mol. The van der Waals surface area contributed by atoms with Gasteiger partial charge in [0.25, 0.3) is 0 Å². The average Bonchev–Trinajstić information content (AvgIpc) is 2.69. The first-order valence-corrected chi connectivity index (χ1v) is 10.8.